The van der Waals surface area contributed by atoms with E-state index in [0.717, 1.165) is 6.26 Å². The van der Waals surface area contributed by atoms with Gasteiger partial charge >= 0.3 is 17.7 Å². The Morgan fingerprint density at radius 2 is 2.24 bits per heavy atom. The fraction of sp³-hybridized carbons (Fsp3) is 0.231. The van der Waals surface area contributed by atoms with Crippen LogP contribution in [0, 0.1) is 17.0 Å². The van der Waals surface area contributed by atoms with Crippen LogP contribution in [0.25, 0.3) is 0 Å². The number of oxazole rings is 1. The molecular formula is C13H12N2O6. The normalized spacial score (nSPS) is 10.2. The topological polar surface area (TPSA) is 105 Å². The van der Waals surface area contributed by atoms with E-state index in [4.69, 9.17) is 13.9 Å². The summed E-state index contributed by atoms with van der Waals surface area (Å²) in [7, 11) is 0. The number of aromatic nitrogens is 1. The number of hydrogen-bond donors (Lipinski definition) is 0. The lowest BCUT2D eigenvalue weighted by molar-refractivity contribution is -0.386. The maximum atomic E-state index is 11.4. The molecule has 8 nitrogen and oxygen atoms in total. The summed E-state index contributed by atoms with van der Waals surface area (Å²) in [6, 6.07) is 4.61. The zero-order chi connectivity index (χ0) is 15.4. The number of nitrogens with zero attached hydrogens (tertiary/aromatic N) is 2. The van der Waals surface area contributed by atoms with Crippen LogP contribution in [-0.2, 0) is 4.74 Å². The summed E-state index contributed by atoms with van der Waals surface area (Å²) < 4.78 is 14.9. The van der Waals surface area contributed by atoms with Crippen LogP contribution in [-0.4, -0.2) is 22.5 Å². The Bertz CT molecular complexity index is 679. The molecular weight excluding hydrogens is 280 g/mol. The minimum absolute atomic E-state index is 0.0164. The van der Waals surface area contributed by atoms with Crippen molar-refractivity contribution in [2.75, 3.05) is 6.61 Å². The number of para-hydroxylation sites is 1. The Balaban J connectivity index is 2.25. The van der Waals surface area contributed by atoms with Gasteiger partial charge in [-0.25, -0.2) is 4.79 Å². The number of carbonyl (C=O) groups is 1. The molecule has 8 heteroatoms. The second-order valence-electron chi connectivity index (χ2n) is 4.00. The van der Waals surface area contributed by atoms with Crippen molar-refractivity contribution in [1.82, 2.24) is 4.98 Å². The SMILES string of the molecule is CCOC(=O)c1coc(Oc2cccc(C)c2[N+](=O)[O-])n1. The first-order valence-electron chi connectivity index (χ1n) is 6.07. The van der Waals surface area contributed by atoms with Crippen molar-refractivity contribution in [3.63, 3.8) is 0 Å². The Labute approximate surface area is 119 Å². The van der Waals surface area contributed by atoms with Crippen LogP contribution in [0.15, 0.2) is 28.9 Å². The van der Waals surface area contributed by atoms with Crippen LogP contribution in [0.3, 0.4) is 0 Å². The lowest BCUT2D eigenvalue weighted by Crippen LogP contribution is -2.04. The molecule has 0 fully saturated rings. The van der Waals surface area contributed by atoms with Gasteiger partial charge in [-0.15, -0.1) is 0 Å². The highest BCUT2D eigenvalue weighted by atomic mass is 16.6. The van der Waals surface area contributed by atoms with Crippen LogP contribution in [0.4, 0.5) is 5.69 Å². The quantitative estimate of drug-likeness (QED) is 0.474. The molecule has 0 atom stereocenters. The molecule has 1 aromatic heterocycles. The largest absolute Gasteiger partial charge is 0.461 e. The van der Waals surface area contributed by atoms with Gasteiger partial charge in [-0.2, -0.15) is 4.98 Å². The molecule has 110 valence electrons. The number of ether oxygens (including phenoxy) is 2. The van der Waals surface area contributed by atoms with Gasteiger partial charge in [0.05, 0.1) is 11.5 Å². The highest BCUT2D eigenvalue weighted by Crippen LogP contribution is 2.33. The Kier molecular flexibility index (Phi) is 4.17. The van der Waals surface area contributed by atoms with E-state index in [9.17, 15) is 14.9 Å². The minimum Gasteiger partial charge on any atom is -0.461 e. The van der Waals surface area contributed by atoms with Gasteiger partial charge in [0.2, 0.25) is 5.75 Å². The smallest absolute Gasteiger partial charge is 0.400 e. The lowest BCUT2D eigenvalue weighted by Gasteiger charge is -2.03. The van der Waals surface area contributed by atoms with E-state index >= 15 is 0 Å². The van der Waals surface area contributed by atoms with E-state index in [-0.39, 0.29) is 29.8 Å². The van der Waals surface area contributed by atoms with Crippen molar-refractivity contribution in [2.24, 2.45) is 0 Å². The minimum atomic E-state index is -0.658. The fourth-order valence-electron chi connectivity index (χ4n) is 1.65. The predicted octanol–water partition coefficient (Wildman–Crippen LogP) is 2.86. The molecule has 0 spiro atoms. The monoisotopic (exact) mass is 292 g/mol. The highest BCUT2D eigenvalue weighted by molar-refractivity contribution is 5.86. The molecule has 1 aromatic carbocycles. The van der Waals surface area contributed by atoms with Crippen LogP contribution in [0.2, 0.25) is 0 Å². The second-order valence-corrected chi connectivity index (χ2v) is 4.00. The molecule has 0 aliphatic rings. The first kappa shape index (κ1) is 14.5. The third-order valence-corrected chi connectivity index (χ3v) is 2.55. The van der Waals surface area contributed by atoms with Crippen LogP contribution in [0.5, 0.6) is 11.8 Å². The Hall–Kier alpha value is -2.90. The number of nitro benzene ring substituents is 1. The van der Waals surface area contributed by atoms with E-state index in [0.29, 0.717) is 5.56 Å². The lowest BCUT2D eigenvalue weighted by atomic mass is 10.2. The molecule has 2 aromatic rings. The third kappa shape index (κ3) is 3.16. The average Bonchev–Trinajstić information content (AvgIpc) is 2.87. The van der Waals surface area contributed by atoms with Gasteiger partial charge in [0.25, 0.3) is 0 Å². The molecule has 0 N–H and O–H groups in total. The predicted molar refractivity (Wildman–Crippen MR) is 70.4 cm³/mol. The van der Waals surface area contributed by atoms with Crippen LogP contribution in [0.1, 0.15) is 23.0 Å². The maximum absolute atomic E-state index is 11.4. The van der Waals surface area contributed by atoms with Crippen molar-refractivity contribution in [3.8, 4) is 11.8 Å². The summed E-state index contributed by atoms with van der Waals surface area (Å²) in [6.07, 6.45) is 0.793. The number of nitro groups is 1. The summed E-state index contributed by atoms with van der Waals surface area (Å²) in [6.45, 7) is 3.45. The second kappa shape index (κ2) is 6.04. The summed E-state index contributed by atoms with van der Waals surface area (Å²) in [5.41, 5.74) is 0.185. The van der Waals surface area contributed by atoms with Gasteiger partial charge in [-0.3, -0.25) is 10.1 Å². The standard InChI is InChI=1S/C13H12N2O6/c1-3-19-12(16)9-7-20-13(14-9)21-10-6-4-5-8(2)11(10)15(17)18/h4-7H,3H2,1-2H3. The maximum Gasteiger partial charge on any atom is 0.400 e. The first-order chi connectivity index (χ1) is 10.0. The van der Waals surface area contributed by atoms with Gasteiger partial charge < -0.3 is 13.9 Å². The Morgan fingerprint density at radius 1 is 1.48 bits per heavy atom. The van der Waals surface area contributed by atoms with E-state index in [2.05, 4.69) is 4.98 Å². The fourth-order valence-corrected chi connectivity index (χ4v) is 1.65. The summed E-state index contributed by atoms with van der Waals surface area (Å²) >= 11 is 0. The number of esters is 1. The molecule has 0 radical (unpaired) electrons. The third-order valence-electron chi connectivity index (χ3n) is 2.55. The Morgan fingerprint density at radius 3 is 2.90 bits per heavy atom. The number of hydrogen-bond acceptors (Lipinski definition) is 7. The van der Waals surface area contributed by atoms with Gasteiger partial charge in [-0.1, -0.05) is 12.1 Å². The molecule has 1 heterocycles. The van der Waals surface area contributed by atoms with E-state index in [1.165, 1.54) is 6.07 Å². The molecule has 0 saturated heterocycles. The van der Waals surface area contributed by atoms with E-state index in [1.54, 1.807) is 26.0 Å². The van der Waals surface area contributed by atoms with Crippen molar-refractivity contribution in [2.45, 2.75) is 13.8 Å². The van der Waals surface area contributed by atoms with Crippen LogP contribution < -0.4 is 4.74 Å². The van der Waals surface area contributed by atoms with Crippen LogP contribution >= 0.6 is 0 Å². The molecule has 0 amide bonds. The van der Waals surface area contributed by atoms with E-state index in [1.807, 2.05) is 0 Å². The number of aryl methyl sites for hydroxylation is 1. The van der Waals surface area contributed by atoms with Crippen molar-refractivity contribution in [3.05, 3.63) is 45.8 Å². The summed E-state index contributed by atoms with van der Waals surface area (Å²) in [4.78, 5) is 25.7. The van der Waals surface area contributed by atoms with Gasteiger partial charge in [0.15, 0.2) is 5.69 Å². The van der Waals surface area contributed by atoms with Crippen molar-refractivity contribution in [1.29, 1.82) is 0 Å². The number of carbonyl (C=O) groups excluding carboxylic acids is 1. The molecule has 0 saturated carbocycles. The molecule has 21 heavy (non-hydrogen) atoms. The van der Waals surface area contributed by atoms with E-state index < -0.39 is 10.9 Å². The van der Waals surface area contributed by atoms with Gasteiger partial charge in [-0.05, 0) is 19.9 Å². The number of benzene rings is 1. The molecule has 0 unspecified atom stereocenters. The summed E-state index contributed by atoms with van der Waals surface area (Å²) in [5, 5.41) is 11.0. The molecule has 2 rings (SSSR count). The average molecular weight is 292 g/mol. The molecule has 0 aliphatic carbocycles. The van der Waals surface area contributed by atoms with Crippen molar-refractivity contribution >= 4 is 11.7 Å². The zero-order valence-electron chi connectivity index (χ0n) is 11.4. The van der Waals surface area contributed by atoms with Crippen molar-refractivity contribution < 1.29 is 23.6 Å². The van der Waals surface area contributed by atoms with Gasteiger partial charge in [0, 0.05) is 5.56 Å². The first-order valence-corrected chi connectivity index (χ1v) is 6.07. The molecule has 0 bridgehead atoms. The number of rotatable bonds is 5. The highest BCUT2D eigenvalue weighted by Gasteiger charge is 2.21. The zero-order valence-corrected chi connectivity index (χ0v) is 11.4. The summed E-state index contributed by atoms with van der Waals surface area (Å²) in [5.74, 6) is -0.674. The molecule has 0 aliphatic heterocycles. The van der Waals surface area contributed by atoms with Gasteiger partial charge in [0.1, 0.15) is 6.26 Å².